The normalized spacial score (nSPS) is 24.2. The molecule has 0 bridgehead atoms. The molecule has 0 aliphatic heterocycles. The molecule has 2 rings (SSSR count). The molecule has 1 atom stereocenters. The van der Waals surface area contributed by atoms with Crippen molar-refractivity contribution >= 4 is 21.8 Å². The first-order valence-corrected chi connectivity index (χ1v) is 6.04. The summed E-state index contributed by atoms with van der Waals surface area (Å²) in [4.78, 5) is 13.9. The van der Waals surface area contributed by atoms with Gasteiger partial charge in [-0.3, -0.25) is 4.79 Å². The lowest BCUT2D eigenvalue weighted by Gasteiger charge is -2.23. The van der Waals surface area contributed by atoms with Crippen LogP contribution in [-0.4, -0.2) is 28.2 Å². The predicted octanol–water partition coefficient (Wildman–Crippen LogP) is 2.17. The minimum Gasteiger partial charge on any atom is -0.338 e. The Hall–Kier alpha value is -0.0500. The monoisotopic (exact) mass is 245 g/mol. The maximum atomic E-state index is 11.8. The first-order chi connectivity index (χ1) is 6.18. The van der Waals surface area contributed by atoms with E-state index in [9.17, 15) is 4.79 Å². The van der Waals surface area contributed by atoms with Gasteiger partial charge in [-0.1, -0.05) is 15.9 Å². The number of alkyl halides is 1. The van der Waals surface area contributed by atoms with E-state index in [-0.39, 0.29) is 10.7 Å². The van der Waals surface area contributed by atoms with Crippen LogP contribution in [0.15, 0.2) is 0 Å². The van der Waals surface area contributed by atoms with Crippen molar-refractivity contribution in [3.8, 4) is 0 Å². The van der Waals surface area contributed by atoms with Gasteiger partial charge in [0, 0.05) is 12.6 Å². The van der Waals surface area contributed by atoms with Crippen molar-refractivity contribution < 1.29 is 4.79 Å². The first kappa shape index (κ1) is 9.50. The first-order valence-electron chi connectivity index (χ1n) is 5.13. The SMILES string of the molecule is CC(Br)C(=O)N(CC1CC1)C1CC1. The number of carbonyl (C=O) groups is 1. The van der Waals surface area contributed by atoms with Gasteiger partial charge in [0.05, 0.1) is 4.83 Å². The molecule has 0 N–H and O–H groups in total. The minimum absolute atomic E-state index is 0.00755. The molecule has 2 saturated carbocycles. The molecule has 0 heterocycles. The van der Waals surface area contributed by atoms with Crippen LogP contribution in [-0.2, 0) is 4.79 Å². The van der Waals surface area contributed by atoms with Gasteiger partial charge < -0.3 is 4.90 Å². The van der Waals surface area contributed by atoms with E-state index in [0.717, 1.165) is 12.5 Å². The van der Waals surface area contributed by atoms with Crippen LogP contribution >= 0.6 is 15.9 Å². The molecule has 13 heavy (non-hydrogen) atoms. The Morgan fingerprint density at radius 1 is 1.46 bits per heavy atom. The van der Waals surface area contributed by atoms with Crippen molar-refractivity contribution in [2.75, 3.05) is 6.54 Å². The summed E-state index contributed by atoms with van der Waals surface area (Å²) in [6.45, 7) is 2.93. The molecule has 2 fully saturated rings. The number of rotatable bonds is 4. The number of carbonyl (C=O) groups excluding carboxylic acids is 1. The standard InChI is InChI=1S/C10H16BrNO/c1-7(11)10(13)12(9-4-5-9)6-8-2-3-8/h7-9H,2-6H2,1H3. The highest BCUT2D eigenvalue weighted by molar-refractivity contribution is 9.10. The van der Waals surface area contributed by atoms with Gasteiger partial charge in [-0.2, -0.15) is 0 Å². The fourth-order valence-electron chi connectivity index (χ4n) is 1.61. The summed E-state index contributed by atoms with van der Waals surface area (Å²) in [5.74, 6) is 1.10. The Labute approximate surface area is 87.8 Å². The molecule has 0 aromatic rings. The molecule has 0 aromatic carbocycles. The van der Waals surface area contributed by atoms with Crippen molar-refractivity contribution in [3.63, 3.8) is 0 Å². The average Bonchev–Trinajstić information content (AvgIpc) is 2.90. The summed E-state index contributed by atoms with van der Waals surface area (Å²) >= 11 is 3.36. The fourth-order valence-corrected chi connectivity index (χ4v) is 1.88. The van der Waals surface area contributed by atoms with E-state index in [0.29, 0.717) is 6.04 Å². The topological polar surface area (TPSA) is 20.3 Å². The van der Waals surface area contributed by atoms with Crippen LogP contribution in [0.4, 0.5) is 0 Å². The van der Waals surface area contributed by atoms with Crippen molar-refractivity contribution in [1.82, 2.24) is 4.90 Å². The molecule has 2 nitrogen and oxygen atoms in total. The number of nitrogens with zero attached hydrogens (tertiary/aromatic N) is 1. The third kappa shape index (κ3) is 2.46. The quantitative estimate of drug-likeness (QED) is 0.696. The van der Waals surface area contributed by atoms with Crippen LogP contribution in [0, 0.1) is 5.92 Å². The van der Waals surface area contributed by atoms with Gasteiger partial charge in [0.15, 0.2) is 0 Å². The third-order valence-corrected chi connectivity index (χ3v) is 3.15. The van der Waals surface area contributed by atoms with Gasteiger partial charge in [-0.25, -0.2) is 0 Å². The predicted molar refractivity (Wildman–Crippen MR) is 55.8 cm³/mol. The van der Waals surface area contributed by atoms with E-state index in [1.807, 2.05) is 6.92 Å². The van der Waals surface area contributed by atoms with E-state index in [1.165, 1.54) is 25.7 Å². The lowest BCUT2D eigenvalue weighted by molar-refractivity contribution is -0.131. The summed E-state index contributed by atoms with van der Waals surface area (Å²) in [6, 6.07) is 0.577. The van der Waals surface area contributed by atoms with Gasteiger partial charge in [0.25, 0.3) is 0 Å². The second kappa shape index (κ2) is 3.60. The second-order valence-electron chi connectivity index (χ2n) is 4.28. The number of amides is 1. The highest BCUT2D eigenvalue weighted by atomic mass is 79.9. The fraction of sp³-hybridized carbons (Fsp3) is 0.900. The van der Waals surface area contributed by atoms with Crippen LogP contribution in [0.3, 0.4) is 0 Å². The Kier molecular flexibility index (Phi) is 2.63. The summed E-state index contributed by atoms with van der Waals surface area (Å²) in [5, 5.41) is 0. The third-order valence-electron chi connectivity index (χ3n) is 2.76. The van der Waals surface area contributed by atoms with Crippen LogP contribution in [0.2, 0.25) is 0 Å². The average molecular weight is 246 g/mol. The molecule has 0 radical (unpaired) electrons. The molecule has 0 spiro atoms. The highest BCUT2D eigenvalue weighted by Crippen LogP contribution is 2.35. The summed E-state index contributed by atoms with van der Waals surface area (Å²) < 4.78 is 0. The van der Waals surface area contributed by atoms with E-state index in [2.05, 4.69) is 20.8 Å². The lowest BCUT2D eigenvalue weighted by atomic mass is 10.3. The summed E-state index contributed by atoms with van der Waals surface area (Å²) in [7, 11) is 0. The molecule has 1 amide bonds. The maximum Gasteiger partial charge on any atom is 0.236 e. The Morgan fingerprint density at radius 3 is 2.46 bits per heavy atom. The zero-order valence-electron chi connectivity index (χ0n) is 8.00. The number of halogens is 1. The van der Waals surface area contributed by atoms with E-state index in [1.54, 1.807) is 0 Å². The van der Waals surface area contributed by atoms with Gasteiger partial charge in [-0.15, -0.1) is 0 Å². The van der Waals surface area contributed by atoms with Gasteiger partial charge >= 0.3 is 0 Å². The molecule has 74 valence electrons. The van der Waals surface area contributed by atoms with Gasteiger partial charge in [0.2, 0.25) is 5.91 Å². The van der Waals surface area contributed by atoms with Gasteiger partial charge in [-0.05, 0) is 38.5 Å². The zero-order chi connectivity index (χ0) is 9.42. The molecule has 2 aliphatic carbocycles. The molecule has 1 unspecified atom stereocenters. The molecular weight excluding hydrogens is 230 g/mol. The van der Waals surface area contributed by atoms with Crippen molar-refractivity contribution in [2.24, 2.45) is 5.92 Å². The van der Waals surface area contributed by atoms with Crippen molar-refractivity contribution in [1.29, 1.82) is 0 Å². The Bertz CT molecular complexity index is 209. The van der Waals surface area contributed by atoms with E-state index in [4.69, 9.17) is 0 Å². The molecule has 3 heteroatoms. The number of hydrogen-bond acceptors (Lipinski definition) is 1. The maximum absolute atomic E-state index is 11.8. The molecule has 2 aliphatic rings. The molecular formula is C10H16BrNO. The van der Waals surface area contributed by atoms with Gasteiger partial charge in [0.1, 0.15) is 0 Å². The molecule has 0 aromatic heterocycles. The van der Waals surface area contributed by atoms with Crippen LogP contribution in [0.25, 0.3) is 0 Å². The lowest BCUT2D eigenvalue weighted by Crippen LogP contribution is -2.38. The van der Waals surface area contributed by atoms with Crippen LogP contribution in [0.5, 0.6) is 0 Å². The number of hydrogen-bond donors (Lipinski definition) is 0. The minimum atomic E-state index is -0.00755. The largest absolute Gasteiger partial charge is 0.338 e. The van der Waals surface area contributed by atoms with Crippen LogP contribution < -0.4 is 0 Å². The molecule has 0 saturated heterocycles. The summed E-state index contributed by atoms with van der Waals surface area (Å²) in [5.41, 5.74) is 0. The van der Waals surface area contributed by atoms with E-state index < -0.39 is 0 Å². The Balaban J connectivity index is 1.90. The summed E-state index contributed by atoms with van der Waals surface area (Å²) in [6.07, 6.45) is 5.09. The Morgan fingerprint density at radius 2 is 2.08 bits per heavy atom. The van der Waals surface area contributed by atoms with Crippen molar-refractivity contribution in [2.45, 2.75) is 43.5 Å². The van der Waals surface area contributed by atoms with Crippen molar-refractivity contribution in [3.05, 3.63) is 0 Å². The highest BCUT2D eigenvalue weighted by Gasteiger charge is 2.37. The smallest absolute Gasteiger partial charge is 0.236 e. The van der Waals surface area contributed by atoms with E-state index >= 15 is 0 Å². The second-order valence-corrected chi connectivity index (χ2v) is 5.65. The zero-order valence-corrected chi connectivity index (χ0v) is 9.59. The van der Waals surface area contributed by atoms with Crippen LogP contribution in [0.1, 0.15) is 32.6 Å².